The van der Waals surface area contributed by atoms with E-state index >= 15 is 0 Å². The van der Waals surface area contributed by atoms with Gasteiger partial charge in [0.05, 0.1) is 0 Å². The Morgan fingerprint density at radius 2 is 1.65 bits per heavy atom. The Bertz CT molecular complexity index is 859. The summed E-state index contributed by atoms with van der Waals surface area (Å²) >= 11 is 0. The van der Waals surface area contributed by atoms with E-state index in [1.165, 1.54) is 5.56 Å². The Balaban J connectivity index is 2.20. The van der Waals surface area contributed by atoms with Gasteiger partial charge in [-0.2, -0.15) is 0 Å². The Labute approximate surface area is 186 Å². The van der Waals surface area contributed by atoms with Crippen LogP contribution in [-0.2, 0) is 16.1 Å². The van der Waals surface area contributed by atoms with Gasteiger partial charge in [-0.05, 0) is 61.9 Å². The lowest BCUT2D eigenvalue weighted by molar-refractivity contribution is -0.143. The average molecular weight is 425 g/mol. The molecule has 2 rings (SSSR count). The number of nitrogens with zero attached hydrogens (tertiary/aromatic N) is 1. The molecule has 0 radical (unpaired) electrons. The average Bonchev–Trinajstić information content (AvgIpc) is 2.73. The van der Waals surface area contributed by atoms with Gasteiger partial charge in [-0.1, -0.05) is 57.2 Å². The first-order chi connectivity index (χ1) is 14.7. The van der Waals surface area contributed by atoms with Crippen molar-refractivity contribution in [2.45, 2.75) is 72.5 Å². The van der Waals surface area contributed by atoms with Gasteiger partial charge in [-0.25, -0.2) is 0 Å². The largest absolute Gasteiger partial charge is 0.484 e. The third-order valence-corrected chi connectivity index (χ3v) is 5.33. The second-order valence-electron chi connectivity index (χ2n) is 8.55. The molecule has 0 saturated heterocycles. The Morgan fingerprint density at radius 1 is 1.00 bits per heavy atom. The van der Waals surface area contributed by atoms with Crippen molar-refractivity contribution in [1.82, 2.24) is 10.2 Å². The zero-order valence-electron chi connectivity index (χ0n) is 19.6. The molecule has 5 heteroatoms. The van der Waals surface area contributed by atoms with Gasteiger partial charge in [0, 0.05) is 12.6 Å². The van der Waals surface area contributed by atoms with Crippen LogP contribution >= 0.6 is 0 Å². The van der Waals surface area contributed by atoms with Crippen LogP contribution in [0.25, 0.3) is 0 Å². The molecule has 0 saturated carbocycles. The predicted molar refractivity (Wildman–Crippen MR) is 125 cm³/mol. The van der Waals surface area contributed by atoms with Crippen molar-refractivity contribution in [1.29, 1.82) is 0 Å². The number of hydrogen-bond acceptors (Lipinski definition) is 3. The van der Waals surface area contributed by atoms with Gasteiger partial charge in [0.15, 0.2) is 6.61 Å². The molecule has 1 N–H and O–H groups in total. The minimum atomic E-state index is -0.554. The molecule has 0 aliphatic carbocycles. The molecule has 5 nitrogen and oxygen atoms in total. The van der Waals surface area contributed by atoms with E-state index in [0.717, 1.165) is 11.1 Å². The monoisotopic (exact) mass is 424 g/mol. The highest BCUT2D eigenvalue weighted by molar-refractivity contribution is 5.88. The molecule has 1 atom stereocenters. The summed E-state index contributed by atoms with van der Waals surface area (Å²) in [5.74, 6) is 0.737. The topological polar surface area (TPSA) is 58.6 Å². The molecule has 2 aromatic carbocycles. The van der Waals surface area contributed by atoms with Crippen molar-refractivity contribution in [3.63, 3.8) is 0 Å². The molecule has 0 fully saturated rings. The van der Waals surface area contributed by atoms with Gasteiger partial charge in [-0.15, -0.1) is 0 Å². The second-order valence-corrected chi connectivity index (χ2v) is 8.55. The molecule has 2 aromatic rings. The second kappa shape index (κ2) is 11.5. The minimum absolute atomic E-state index is 0.00712. The summed E-state index contributed by atoms with van der Waals surface area (Å²) < 4.78 is 5.78. The van der Waals surface area contributed by atoms with Crippen molar-refractivity contribution < 1.29 is 14.3 Å². The van der Waals surface area contributed by atoms with Gasteiger partial charge in [0.2, 0.25) is 5.91 Å². The highest BCUT2D eigenvalue weighted by Crippen LogP contribution is 2.20. The smallest absolute Gasteiger partial charge is 0.261 e. The lowest BCUT2D eigenvalue weighted by atomic mass is 10.0. The van der Waals surface area contributed by atoms with Crippen LogP contribution in [0.3, 0.4) is 0 Å². The highest BCUT2D eigenvalue weighted by Gasteiger charge is 2.29. The van der Waals surface area contributed by atoms with Crippen LogP contribution in [0.5, 0.6) is 5.75 Å². The molecule has 2 amide bonds. The quantitative estimate of drug-likeness (QED) is 0.594. The van der Waals surface area contributed by atoms with E-state index in [1.54, 1.807) is 4.90 Å². The van der Waals surface area contributed by atoms with Gasteiger partial charge < -0.3 is 15.0 Å². The standard InChI is InChI=1S/C26H36N2O3/c1-7-24(26(30)27-19(4)5)28(16-22-11-9-8-10-20(22)6)25(29)17-31-23-14-12-21(13-15-23)18(2)3/h8-15,18-19,24H,7,16-17H2,1-6H3,(H,27,30). The number of ether oxygens (including phenoxy) is 1. The van der Waals surface area contributed by atoms with Crippen LogP contribution in [0.1, 0.15) is 63.6 Å². The Hall–Kier alpha value is -2.82. The molecule has 0 heterocycles. The summed E-state index contributed by atoms with van der Waals surface area (Å²) in [5, 5.41) is 2.95. The Morgan fingerprint density at radius 3 is 2.19 bits per heavy atom. The van der Waals surface area contributed by atoms with Gasteiger partial charge in [-0.3, -0.25) is 9.59 Å². The summed E-state index contributed by atoms with van der Waals surface area (Å²) in [6, 6.07) is 15.2. The first-order valence-corrected chi connectivity index (χ1v) is 11.1. The van der Waals surface area contributed by atoms with Crippen LogP contribution in [0.4, 0.5) is 0 Å². The third kappa shape index (κ3) is 7.12. The molecule has 0 aliphatic heterocycles. The number of hydrogen-bond donors (Lipinski definition) is 1. The lowest BCUT2D eigenvalue weighted by Gasteiger charge is -2.31. The molecule has 0 spiro atoms. The highest BCUT2D eigenvalue weighted by atomic mass is 16.5. The molecule has 0 aliphatic rings. The lowest BCUT2D eigenvalue weighted by Crippen LogP contribution is -2.51. The number of rotatable bonds is 10. The fourth-order valence-corrected chi connectivity index (χ4v) is 3.45. The maximum atomic E-state index is 13.2. The number of benzene rings is 2. The molecular weight excluding hydrogens is 388 g/mol. The summed E-state index contributed by atoms with van der Waals surface area (Å²) in [6.07, 6.45) is 0.527. The summed E-state index contributed by atoms with van der Waals surface area (Å²) in [4.78, 5) is 27.7. The van der Waals surface area contributed by atoms with Crippen LogP contribution in [0, 0.1) is 6.92 Å². The molecule has 0 aromatic heterocycles. The minimum Gasteiger partial charge on any atom is -0.484 e. The van der Waals surface area contributed by atoms with E-state index in [0.29, 0.717) is 24.6 Å². The van der Waals surface area contributed by atoms with Crippen LogP contribution < -0.4 is 10.1 Å². The fourth-order valence-electron chi connectivity index (χ4n) is 3.45. The maximum Gasteiger partial charge on any atom is 0.261 e. The van der Waals surface area contributed by atoms with Gasteiger partial charge in [0.25, 0.3) is 5.91 Å². The fraction of sp³-hybridized carbons (Fsp3) is 0.462. The van der Waals surface area contributed by atoms with Crippen molar-refractivity contribution in [2.75, 3.05) is 6.61 Å². The number of carbonyl (C=O) groups is 2. The van der Waals surface area contributed by atoms with E-state index in [-0.39, 0.29) is 24.5 Å². The van der Waals surface area contributed by atoms with E-state index in [4.69, 9.17) is 4.74 Å². The van der Waals surface area contributed by atoms with Crippen LogP contribution in [0.15, 0.2) is 48.5 Å². The summed E-state index contributed by atoms with van der Waals surface area (Å²) in [7, 11) is 0. The van der Waals surface area contributed by atoms with Crippen molar-refractivity contribution in [3.05, 3.63) is 65.2 Å². The summed E-state index contributed by atoms with van der Waals surface area (Å²) in [5.41, 5.74) is 3.33. The molecular formula is C26H36N2O3. The zero-order chi connectivity index (χ0) is 23.0. The van der Waals surface area contributed by atoms with E-state index in [2.05, 4.69) is 19.2 Å². The first-order valence-electron chi connectivity index (χ1n) is 11.1. The van der Waals surface area contributed by atoms with Crippen LogP contribution in [0.2, 0.25) is 0 Å². The molecule has 31 heavy (non-hydrogen) atoms. The first kappa shape index (κ1) is 24.4. The Kier molecular flexibility index (Phi) is 9.10. The third-order valence-electron chi connectivity index (χ3n) is 5.33. The number of nitrogens with one attached hydrogen (secondary N) is 1. The maximum absolute atomic E-state index is 13.2. The molecule has 1 unspecified atom stereocenters. The van der Waals surface area contributed by atoms with E-state index < -0.39 is 6.04 Å². The molecule has 168 valence electrons. The SMILES string of the molecule is CCC(C(=O)NC(C)C)N(Cc1ccccc1C)C(=O)COc1ccc(C(C)C)cc1. The summed E-state index contributed by atoms with van der Waals surface area (Å²) in [6.45, 7) is 12.3. The number of carbonyl (C=O) groups excluding carboxylic acids is 2. The van der Waals surface area contributed by atoms with Crippen molar-refractivity contribution in [2.24, 2.45) is 0 Å². The zero-order valence-corrected chi connectivity index (χ0v) is 19.6. The normalized spacial score (nSPS) is 12.0. The van der Waals surface area contributed by atoms with Gasteiger partial charge in [0.1, 0.15) is 11.8 Å². The number of amides is 2. The van der Waals surface area contributed by atoms with Crippen molar-refractivity contribution in [3.8, 4) is 5.75 Å². The number of aryl methyl sites for hydroxylation is 1. The van der Waals surface area contributed by atoms with E-state index in [9.17, 15) is 9.59 Å². The van der Waals surface area contributed by atoms with E-state index in [1.807, 2.05) is 76.2 Å². The van der Waals surface area contributed by atoms with Crippen molar-refractivity contribution >= 4 is 11.8 Å². The van der Waals surface area contributed by atoms with Gasteiger partial charge >= 0.3 is 0 Å². The molecule has 0 bridgehead atoms. The van der Waals surface area contributed by atoms with Crippen LogP contribution in [-0.4, -0.2) is 35.4 Å². The predicted octanol–water partition coefficient (Wildman–Crippen LogP) is 4.83.